The van der Waals surface area contributed by atoms with Crippen molar-refractivity contribution in [2.75, 3.05) is 11.4 Å². The highest BCUT2D eigenvalue weighted by Crippen LogP contribution is 2.30. The van der Waals surface area contributed by atoms with Crippen molar-refractivity contribution in [1.82, 2.24) is 14.6 Å². The third-order valence-corrected chi connectivity index (χ3v) is 5.22. The molecule has 0 amide bonds. The summed E-state index contributed by atoms with van der Waals surface area (Å²) in [4.78, 5) is 17.9. The average molecular weight is 434 g/mol. The molecule has 6 nitrogen and oxygen atoms in total. The molecule has 0 saturated heterocycles. The fourth-order valence-corrected chi connectivity index (χ4v) is 3.34. The van der Waals surface area contributed by atoms with E-state index in [0.717, 1.165) is 12.1 Å². The number of hydrogen-bond acceptors (Lipinski definition) is 4. The largest absolute Gasteiger partial charge is 0.476 e. The number of benzene rings is 1. The topological polar surface area (TPSA) is 70.7 Å². The first-order valence-electron chi connectivity index (χ1n) is 10.0. The van der Waals surface area contributed by atoms with Gasteiger partial charge in [-0.25, -0.2) is 22.9 Å². The molecule has 0 spiro atoms. The number of halogens is 3. The van der Waals surface area contributed by atoms with Crippen LogP contribution in [0.15, 0.2) is 24.3 Å². The fourth-order valence-electron chi connectivity index (χ4n) is 3.34. The van der Waals surface area contributed by atoms with E-state index >= 15 is 0 Å². The second kappa shape index (κ2) is 8.56. The SMILES string of the molecule is CC(C)CN(c1cc(-c2cc(F)c(F)c(F)c2)nc2cc(C(=O)O)nn12)C(C)C(C)C. The Bertz CT molecular complexity index is 1100. The van der Waals surface area contributed by atoms with E-state index in [0.29, 0.717) is 12.4 Å². The van der Waals surface area contributed by atoms with E-state index < -0.39 is 23.4 Å². The number of aromatic carboxylic acids is 1. The molecule has 2 aromatic heterocycles. The summed E-state index contributed by atoms with van der Waals surface area (Å²) in [5.41, 5.74) is 0.227. The molecule has 0 aliphatic carbocycles. The molecule has 31 heavy (non-hydrogen) atoms. The van der Waals surface area contributed by atoms with Crippen molar-refractivity contribution in [3.8, 4) is 11.3 Å². The van der Waals surface area contributed by atoms with Gasteiger partial charge >= 0.3 is 5.97 Å². The van der Waals surface area contributed by atoms with Gasteiger partial charge in [-0.1, -0.05) is 27.7 Å². The van der Waals surface area contributed by atoms with Crippen LogP contribution >= 0.6 is 0 Å². The monoisotopic (exact) mass is 434 g/mol. The molecule has 0 bridgehead atoms. The van der Waals surface area contributed by atoms with E-state index in [1.54, 1.807) is 6.07 Å². The van der Waals surface area contributed by atoms with Gasteiger partial charge in [0, 0.05) is 30.3 Å². The Morgan fingerprint density at radius 2 is 1.68 bits per heavy atom. The van der Waals surface area contributed by atoms with Crippen molar-refractivity contribution in [2.45, 2.75) is 40.7 Å². The summed E-state index contributed by atoms with van der Waals surface area (Å²) in [7, 11) is 0. The second-order valence-corrected chi connectivity index (χ2v) is 8.39. The Balaban J connectivity index is 2.30. The lowest BCUT2D eigenvalue weighted by molar-refractivity contribution is 0.0690. The lowest BCUT2D eigenvalue weighted by Crippen LogP contribution is -2.40. The highest BCUT2D eigenvalue weighted by atomic mass is 19.2. The Morgan fingerprint density at radius 1 is 1.06 bits per heavy atom. The summed E-state index contributed by atoms with van der Waals surface area (Å²) in [6, 6.07) is 4.67. The van der Waals surface area contributed by atoms with E-state index in [1.807, 2.05) is 6.92 Å². The lowest BCUT2D eigenvalue weighted by atomic mass is 10.0. The first-order valence-corrected chi connectivity index (χ1v) is 10.0. The number of aromatic nitrogens is 3. The summed E-state index contributed by atoms with van der Waals surface area (Å²) >= 11 is 0. The van der Waals surface area contributed by atoms with E-state index in [4.69, 9.17) is 0 Å². The van der Waals surface area contributed by atoms with Gasteiger partial charge < -0.3 is 10.0 Å². The van der Waals surface area contributed by atoms with Crippen molar-refractivity contribution >= 4 is 17.4 Å². The normalized spacial score (nSPS) is 12.7. The van der Waals surface area contributed by atoms with Crippen LogP contribution in [0.2, 0.25) is 0 Å². The Labute approximate surface area is 178 Å². The molecule has 1 aromatic carbocycles. The van der Waals surface area contributed by atoms with E-state index in [9.17, 15) is 23.1 Å². The molecule has 0 radical (unpaired) electrons. The van der Waals surface area contributed by atoms with Crippen molar-refractivity contribution in [3.63, 3.8) is 0 Å². The zero-order valence-corrected chi connectivity index (χ0v) is 18.0. The maximum absolute atomic E-state index is 13.9. The summed E-state index contributed by atoms with van der Waals surface area (Å²) in [6.45, 7) is 10.9. The third-order valence-electron chi connectivity index (χ3n) is 5.22. The fraction of sp³-hybridized carbons (Fsp3) is 0.409. The molecule has 1 N–H and O–H groups in total. The van der Waals surface area contributed by atoms with Gasteiger partial charge in [-0.3, -0.25) is 0 Å². The van der Waals surface area contributed by atoms with Gasteiger partial charge in [0.2, 0.25) is 0 Å². The standard InChI is InChI=1S/C22H25F3N4O2/c1-11(2)10-28(13(5)12(3)4)20-9-17(14-6-15(23)21(25)16(24)7-14)26-19-8-18(22(30)31)27-29(19)20/h6-9,11-13H,10H2,1-5H3,(H,30,31). The van der Waals surface area contributed by atoms with Crippen LogP contribution in [0.25, 0.3) is 16.9 Å². The summed E-state index contributed by atoms with van der Waals surface area (Å²) < 4.78 is 42.6. The smallest absolute Gasteiger partial charge is 0.356 e. The van der Waals surface area contributed by atoms with Gasteiger partial charge in [0.1, 0.15) is 5.82 Å². The van der Waals surface area contributed by atoms with Crippen LogP contribution in [-0.2, 0) is 0 Å². The van der Waals surface area contributed by atoms with Crippen LogP contribution in [0.1, 0.15) is 45.1 Å². The molecule has 0 aliphatic rings. The number of fused-ring (bicyclic) bond motifs is 1. The summed E-state index contributed by atoms with van der Waals surface area (Å²) in [6.07, 6.45) is 0. The van der Waals surface area contributed by atoms with Crippen LogP contribution in [0.3, 0.4) is 0 Å². The number of nitrogens with zero attached hydrogens (tertiary/aromatic N) is 4. The van der Waals surface area contributed by atoms with Gasteiger partial charge in [0.25, 0.3) is 0 Å². The van der Waals surface area contributed by atoms with Crippen LogP contribution in [-0.4, -0.2) is 38.3 Å². The van der Waals surface area contributed by atoms with Gasteiger partial charge in [-0.2, -0.15) is 9.61 Å². The minimum absolute atomic E-state index is 0.0416. The number of rotatable bonds is 7. The molecule has 3 aromatic rings. The van der Waals surface area contributed by atoms with Crippen LogP contribution in [0.4, 0.5) is 19.0 Å². The molecule has 3 rings (SSSR count). The number of carboxylic acid groups (broad SMARTS) is 1. The van der Waals surface area contributed by atoms with Gasteiger partial charge in [-0.05, 0) is 30.9 Å². The molecule has 1 unspecified atom stereocenters. The van der Waals surface area contributed by atoms with Gasteiger partial charge in [-0.15, -0.1) is 0 Å². The summed E-state index contributed by atoms with van der Waals surface area (Å²) in [5.74, 6) is -4.38. The number of carbonyl (C=O) groups is 1. The molecule has 0 saturated carbocycles. The molecular formula is C22H25F3N4O2. The minimum atomic E-state index is -1.56. The number of carboxylic acids is 1. The highest BCUT2D eigenvalue weighted by Gasteiger charge is 2.24. The predicted octanol–water partition coefficient (Wildman–Crippen LogP) is 5.02. The molecule has 9 heteroatoms. The second-order valence-electron chi connectivity index (χ2n) is 8.39. The molecule has 166 valence electrons. The minimum Gasteiger partial charge on any atom is -0.476 e. The molecular weight excluding hydrogens is 409 g/mol. The predicted molar refractivity (Wildman–Crippen MR) is 112 cm³/mol. The van der Waals surface area contributed by atoms with Crippen molar-refractivity contribution < 1.29 is 23.1 Å². The maximum atomic E-state index is 13.9. The van der Waals surface area contributed by atoms with Gasteiger partial charge in [0.15, 0.2) is 28.8 Å². The van der Waals surface area contributed by atoms with Crippen LogP contribution in [0, 0.1) is 29.3 Å². The number of hydrogen-bond donors (Lipinski definition) is 1. The molecule has 0 aliphatic heterocycles. The Hall–Kier alpha value is -3.10. The Kier molecular flexibility index (Phi) is 6.24. The average Bonchev–Trinajstić information content (AvgIpc) is 3.13. The van der Waals surface area contributed by atoms with Crippen LogP contribution < -0.4 is 4.90 Å². The van der Waals surface area contributed by atoms with Crippen LogP contribution in [0.5, 0.6) is 0 Å². The zero-order chi connectivity index (χ0) is 23.0. The third kappa shape index (κ3) is 4.50. The first-order chi connectivity index (χ1) is 14.5. The van der Waals surface area contributed by atoms with E-state index in [1.165, 1.54) is 10.6 Å². The summed E-state index contributed by atoms with van der Waals surface area (Å²) in [5, 5.41) is 13.6. The van der Waals surface area contributed by atoms with Gasteiger partial charge in [0.05, 0.1) is 5.69 Å². The number of anilines is 1. The maximum Gasteiger partial charge on any atom is 0.356 e. The highest BCUT2D eigenvalue weighted by molar-refractivity contribution is 5.87. The van der Waals surface area contributed by atoms with E-state index in [-0.39, 0.29) is 40.5 Å². The first kappa shape index (κ1) is 22.6. The van der Waals surface area contributed by atoms with Crippen molar-refractivity contribution in [2.24, 2.45) is 11.8 Å². The Morgan fingerprint density at radius 3 is 2.19 bits per heavy atom. The molecule has 0 fully saturated rings. The molecule has 1 atom stereocenters. The molecule has 2 heterocycles. The van der Waals surface area contributed by atoms with E-state index in [2.05, 4.69) is 42.7 Å². The quantitative estimate of drug-likeness (QED) is 0.529. The lowest BCUT2D eigenvalue weighted by Gasteiger charge is -2.35. The zero-order valence-electron chi connectivity index (χ0n) is 18.0. The van der Waals surface area contributed by atoms with Crippen molar-refractivity contribution in [3.05, 3.63) is 47.4 Å². The van der Waals surface area contributed by atoms with Crippen molar-refractivity contribution in [1.29, 1.82) is 0 Å².